The van der Waals surface area contributed by atoms with Crippen LogP contribution < -0.4 is 5.56 Å². The van der Waals surface area contributed by atoms with Crippen LogP contribution in [0.25, 0.3) is 15.9 Å². The van der Waals surface area contributed by atoms with E-state index < -0.39 is 0 Å². The van der Waals surface area contributed by atoms with Gasteiger partial charge in [-0.15, -0.1) is 11.3 Å². The molecule has 0 radical (unpaired) electrons. The summed E-state index contributed by atoms with van der Waals surface area (Å²) in [4.78, 5) is 20.8. The molecule has 0 aliphatic carbocycles. The molecule has 29 heavy (non-hydrogen) atoms. The maximum absolute atomic E-state index is 13.8. The van der Waals surface area contributed by atoms with Crippen LogP contribution in [0, 0.1) is 6.92 Å². The van der Waals surface area contributed by atoms with Gasteiger partial charge in [-0.2, -0.15) is 0 Å². The molecule has 2 aromatic heterocycles. The van der Waals surface area contributed by atoms with Crippen molar-refractivity contribution in [1.82, 2.24) is 9.55 Å². The highest BCUT2D eigenvalue weighted by atomic mass is 32.2. The zero-order valence-electron chi connectivity index (χ0n) is 17.6. The Morgan fingerprint density at radius 2 is 2.03 bits per heavy atom. The number of aryl methyl sites for hydroxylation is 1. The molecule has 3 heterocycles. The SMILES string of the molecule is CCCCSc1nc2sc3c(c2c(=O)n1-c1ccc(C)cc1)CC(C)(CC)OC3. The number of aromatic nitrogens is 2. The average molecular weight is 429 g/mol. The summed E-state index contributed by atoms with van der Waals surface area (Å²) in [5.74, 6) is 0.961. The smallest absolute Gasteiger partial charge is 0.267 e. The first-order valence-corrected chi connectivity index (χ1v) is 12.2. The predicted octanol–water partition coefficient (Wildman–Crippen LogP) is 5.89. The number of hydrogen-bond acceptors (Lipinski definition) is 5. The Kier molecular flexibility index (Phi) is 5.87. The molecule has 4 nitrogen and oxygen atoms in total. The molecule has 6 heteroatoms. The Labute approximate surface area is 180 Å². The van der Waals surface area contributed by atoms with Crippen LogP contribution in [-0.2, 0) is 17.8 Å². The molecule has 1 atom stereocenters. The number of rotatable bonds is 6. The fraction of sp³-hybridized carbons (Fsp3) is 0.478. The van der Waals surface area contributed by atoms with Crippen LogP contribution in [-0.4, -0.2) is 20.9 Å². The summed E-state index contributed by atoms with van der Waals surface area (Å²) in [6, 6.07) is 8.15. The van der Waals surface area contributed by atoms with E-state index in [2.05, 4.69) is 39.8 Å². The van der Waals surface area contributed by atoms with Gasteiger partial charge in [-0.3, -0.25) is 9.36 Å². The van der Waals surface area contributed by atoms with Crippen LogP contribution >= 0.6 is 23.1 Å². The summed E-state index contributed by atoms with van der Waals surface area (Å²) in [7, 11) is 0. The number of unbranched alkanes of at least 4 members (excludes halogenated alkanes) is 1. The maximum atomic E-state index is 13.8. The quantitative estimate of drug-likeness (QED) is 0.279. The van der Waals surface area contributed by atoms with Crippen molar-refractivity contribution in [2.45, 2.75) is 70.7 Å². The van der Waals surface area contributed by atoms with Gasteiger partial charge in [0.2, 0.25) is 0 Å². The van der Waals surface area contributed by atoms with Crippen molar-refractivity contribution in [3.8, 4) is 5.69 Å². The van der Waals surface area contributed by atoms with E-state index in [1.165, 1.54) is 5.56 Å². The molecule has 1 aliphatic rings. The van der Waals surface area contributed by atoms with Gasteiger partial charge in [0, 0.05) is 17.1 Å². The summed E-state index contributed by atoms with van der Waals surface area (Å²) in [5, 5.41) is 1.57. The lowest BCUT2D eigenvalue weighted by molar-refractivity contribution is -0.0543. The highest BCUT2D eigenvalue weighted by Crippen LogP contribution is 2.39. The monoisotopic (exact) mass is 428 g/mol. The number of nitrogens with zero attached hydrogens (tertiary/aromatic N) is 2. The van der Waals surface area contributed by atoms with Gasteiger partial charge in [0.25, 0.3) is 5.56 Å². The molecule has 1 unspecified atom stereocenters. The zero-order valence-corrected chi connectivity index (χ0v) is 19.2. The summed E-state index contributed by atoms with van der Waals surface area (Å²) in [6.45, 7) is 9.10. The van der Waals surface area contributed by atoms with Crippen molar-refractivity contribution < 1.29 is 4.74 Å². The number of hydrogen-bond donors (Lipinski definition) is 0. The van der Waals surface area contributed by atoms with Crippen molar-refractivity contribution in [2.75, 3.05) is 5.75 Å². The van der Waals surface area contributed by atoms with Crippen molar-refractivity contribution in [1.29, 1.82) is 0 Å². The minimum absolute atomic E-state index is 0.0516. The molecule has 0 fully saturated rings. The van der Waals surface area contributed by atoms with Crippen LogP contribution in [0.2, 0.25) is 0 Å². The van der Waals surface area contributed by atoms with E-state index >= 15 is 0 Å². The van der Waals surface area contributed by atoms with Gasteiger partial charge in [0.15, 0.2) is 5.16 Å². The van der Waals surface area contributed by atoms with E-state index in [0.29, 0.717) is 6.61 Å². The van der Waals surface area contributed by atoms with Crippen LogP contribution in [0.5, 0.6) is 0 Å². The number of fused-ring (bicyclic) bond motifs is 3. The van der Waals surface area contributed by atoms with Gasteiger partial charge >= 0.3 is 0 Å². The van der Waals surface area contributed by atoms with E-state index in [1.807, 2.05) is 16.7 Å². The Morgan fingerprint density at radius 1 is 1.28 bits per heavy atom. The fourth-order valence-electron chi connectivity index (χ4n) is 3.65. The van der Waals surface area contributed by atoms with Gasteiger partial charge in [-0.25, -0.2) is 4.98 Å². The highest BCUT2D eigenvalue weighted by Gasteiger charge is 2.33. The Morgan fingerprint density at radius 3 is 2.72 bits per heavy atom. The summed E-state index contributed by atoms with van der Waals surface area (Å²) < 4.78 is 7.93. The van der Waals surface area contributed by atoms with E-state index in [4.69, 9.17) is 9.72 Å². The Hall–Kier alpha value is -1.63. The number of benzene rings is 1. The van der Waals surface area contributed by atoms with E-state index in [9.17, 15) is 4.79 Å². The minimum atomic E-state index is -0.212. The molecular weight excluding hydrogens is 400 g/mol. The number of ether oxygens (including phenoxy) is 1. The molecule has 4 rings (SSSR count). The summed E-state index contributed by atoms with van der Waals surface area (Å²) >= 11 is 3.30. The van der Waals surface area contributed by atoms with Crippen molar-refractivity contribution >= 4 is 33.3 Å². The molecule has 3 aromatic rings. The first-order chi connectivity index (χ1) is 14.0. The predicted molar refractivity (Wildman–Crippen MR) is 123 cm³/mol. The first-order valence-electron chi connectivity index (χ1n) is 10.4. The number of thiophene rings is 1. The molecule has 0 saturated heterocycles. The summed E-state index contributed by atoms with van der Waals surface area (Å²) in [6.07, 6.45) is 3.93. The molecule has 0 N–H and O–H groups in total. The standard InChI is InChI=1S/C23H28N2O2S2/c1-5-7-12-28-22-24-20-19(17-13-23(4,6-2)27-14-18(17)29-20)21(26)25(22)16-10-8-15(3)9-11-16/h8-11H,5-7,12-14H2,1-4H3. The van der Waals surface area contributed by atoms with Crippen LogP contribution in [0.15, 0.2) is 34.2 Å². The van der Waals surface area contributed by atoms with Crippen LogP contribution in [0.1, 0.15) is 56.0 Å². The molecular formula is C23H28N2O2S2. The van der Waals surface area contributed by atoms with Gasteiger partial charge in [0.05, 0.1) is 23.3 Å². The van der Waals surface area contributed by atoms with Crippen molar-refractivity contribution in [2.24, 2.45) is 0 Å². The maximum Gasteiger partial charge on any atom is 0.267 e. The van der Waals surface area contributed by atoms with Crippen LogP contribution in [0.3, 0.4) is 0 Å². The second-order valence-corrected chi connectivity index (χ2v) is 10.2. The van der Waals surface area contributed by atoms with Crippen molar-refractivity contribution in [3.05, 3.63) is 50.6 Å². The lowest BCUT2D eigenvalue weighted by Crippen LogP contribution is -2.34. The van der Waals surface area contributed by atoms with Gasteiger partial charge < -0.3 is 4.74 Å². The molecule has 1 aromatic carbocycles. The molecule has 0 amide bonds. The van der Waals surface area contributed by atoms with E-state index in [-0.39, 0.29) is 11.2 Å². The highest BCUT2D eigenvalue weighted by molar-refractivity contribution is 7.99. The molecule has 0 spiro atoms. The van der Waals surface area contributed by atoms with E-state index in [1.54, 1.807) is 23.1 Å². The largest absolute Gasteiger partial charge is 0.369 e. The second-order valence-electron chi connectivity index (χ2n) is 8.03. The van der Waals surface area contributed by atoms with Gasteiger partial charge in [0.1, 0.15) is 4.83 Å². The van der Waals surface area contributed by atoms with E-state index in [0.717, 1.165) is 62.9 Å². The normalized spacial score (nSPS) is 18.9. The molecule has 0 bridgehead atoms. The first kappa shape index (κ1) is 20.6. The average Bonchev–Trinajstić information content (AvgIpc) is 3.07. The van der Waals surface area contributed by atoms with Gasteiger partial charge in [-0.1, -0.05) is 49.7 Å². The Bertz CT molecular complexity index is 1080. The minimum Gasteiger partial charge on any atom is -0.369 e. The molecule has 154 valence electrons. The third-order valence-electron chi connectivity index (χ3n) is 5.75. The van der Waals surface area contributed by atoms with Gasteiger partial charge in [-0.05, 0) is 44.4 Å². The summed E-state index contributed by atoms with van der Waals surface area (Å²) in [5.41, 5.74) is 3.05. The zero-order chi connectivity index (χ0) is 20.6. The fourth-order valence-corrected chi connectivity index (χ4v) is 5.89. The topological polar surface area (TPSA) is 44.1 Å². The Balaban J connectivity index is 1.92. The second kappa shape index (κ2) is 8.25. The third-order valence-corrected chi connectivity index (χ3v) is 7.87. The van der Waals surface area contributed by atoms with Crippen LogP contribution in [0.4, 0.5) is 0 Å². The van der Waals surface area contributed by atoms with Crippen molar-refractivity contribution in [3.63, 3.8) is 0 Å². The lowest BCUT2D eigenvalue weighted by atomic mass is 9.90. The molecule has 1 aliphatic heterocycles. The lowest BCUT2D eigenvalue weighted by Gasteiger charge is -2.32. The number of thioether (sulfide) groups is 1. The molecule has 0 saturated carbocycles. The third kappa shape index (κ3) is 3.90.